The monoisotopic (exact) mass is 409 g/mol. The standard InChI is InChI=1S/C17H10ClF2N3O3S/c18-14-6-1-10(8-15(14)23(25)26)7-11(9-21)16(24)22-12-2-4-13(5-3-12)27-17(19)20/h1-8,17H,(H,22,24)/b11-7+. The lowest BCUT2D eigenvalue weighted by Crippen LogP contribution is -2.13. The highest BCUT2D eigenvalue weighted by atomic mass is 35.5. The highest BCUT2D eigenvalue weighted by Crippen LogP contribution is 2.27. The van der Waals surface area contributed by atoms with Gasteiger partial charge in [0, 0.05) is 16.6 Å². The van der Waals surface area contributed by atoms with Crippen LogP contribution >= 0.6 is 23.4 Å². The Balaban J connectivity index is 2.18. The smallest absolute Gasteiger partial charge is 0.288 e. The minimum atomic E-state index is -2.55. The number of benzene rings is 2. The molecule has 27 heavy (non-hydrogen) atoms. The van der Waals surface area contributed by atoms with Gasteiger partial charge in [-0.25, -0.2) is 0 Å². The molecule has 0 unspecified atom stereocenters. The van der Waals surface area contributed by atoms with E-state index in [1.54, 1.807) is 6.07 Å². The second-order valence-electron chi connectivity index (χ2n) is 4.99. The van der Waals surface area contributed by atoms with Crippen molar-refractivity contribution in [2.24, 2.45) is 0 Å². The maximum absolute atomic E-state index is 12.3. The zero-order valence-corrected chi connectivity index (χ0v) is 14.9. The van der Waals surface area contributed by atoms with E-state index in [0.717, 1.165) is 6.07 Å². The fourth-order valence-corrected chi connectivity index (χ4v) is 2.68. The van der Waals surface area contributed by atoms with Crippen molar-refractivity contribution in [2.45, 2.75) is 10.7 Å². The average molecular weight is 410 g/mol. The van der Waals surface area contributed by atoms with Gasteiger partial charge in [-0.2, -0.15) is 14.0 Å². The van der Waals surface area contributed by atoms with Gasteiger partial charge in [0.25, 0.3) is 17.4 Å². The molecular formula is C17H10ClF2N3O3S. The minimum absolute atomic E-state index is 0.0677. The molecule has 0 aliphatic heterocycles. The van der Waals surface area contributed by atoms with Crippen LogP contribution in [0.4, 0.5) is 20.2 Å². The molecule has 0 fully saturated rings. The third-order valence-corrected chi connectivity index (χ3v) is 4.22. The van der Waals surface area contributed by atoms with Crippen molar-refractivity contribution in [1.82, 2.24) is 0 Å². The number of halogens is 3. The van der Waals surface area contributed by atoms with Crippen LogP contribution in [0, 0.1) is 21.4 Å². The summed E-state index contributed by atoms with van der Waals surface area (Å²) in [5, 5.41) is 22.5. The summed E-state index contributed by atoms with van der Waals surface area (Å²) in [4.78, 5) is 22.8. The van der Waals surface area contributed by atoms with E-state index in [9.17, 15) is 29.0 Å². The molecule has 0 saturated carbocycles. The van der Waals surface area contributed by atoms with Crippen molar-refractivity contribution < 1.29 is 18.5 Å². The molecular weight excluding hydrogens is 400 g/mol. The van der Waals surface area contributed by atoms with Crippen molar-refractivity contribution in [3.8, 4) is 6.07 Å². The lowest BCUT2D eigenvalue weighted by Gasteiger charge is -2.06. The Hall–Kier alpha value is -2.96. The van der Waals surface area contributed by atoms with Crippen molar-refractivity contribution in [1.29, 1.82) is 5.26 Å². The molecule has 6 nitrogen and oxygen atoms in total. The molecule has 0 aliphatic carbocycles. The number of thioether (sulfide) groups is 1. The summed E-state index contributed by atoms with van der Waals surface area (Å²) >= 11 is 6.09. The highest BCUT2D eigenvalue weighted by molar-refractivity contribution is 7.99. The molecule has 0 bridgehead atoms. The van der Waals surface area contributed by atoms with Gasteiger partial charge >= 0.3 is 0 Å². The molecule has 0 spiro atoms. The molecule has 1 N–H and O–H groups in total. The van der Waals surface area contributed by atoms with Crippen molar-refractivity contribution in [3.05, 3.63) is 68.7 Å². The maximum atomic E-state index is 12.3. The number of carbonyl (C=O) groups excluding carboxylic acids is 1. The van der Waals surface area contributed by atoms with E-state index in [1.807, 2.05) is 0 Å². The van der Waals surface area contributed by atoms with Crippen molar-refractivity contribution in [3.63, 3.8) is 0 Å². The first-order valence-electron chi connectivity index (χ1n) is 7.22. The normalized spacial score (nSPS) is 11.1. The van der Waals surface area contributed by atoms with E-state index in [2.05, 4.69) is 5.32 Å². The Bertz CT molecular complexity index is 943. The largest absolute Gasteiger partial charge is 0.321 e. The second-order valence-corrected chi connectivity index (χ2v) is 6.47. The number of anilines is 1. The summed E-state index contributed by atoms with van der Waals surface area (Å²) in [5.41, 5.74) is -0.0868. The molecule has 0 atom stereocenters. The van der Waals surface area contributed by atoms with E-state index in [-0.39, 0.29) is 21.8 Å². The SMILES string of the molecule is N#C/C(=C\c1ccc(Cl)c([N+](=O)[O-])c1)C(=O)Nc1ccc(SC(F)F)cc1. The molecule has 0 radical (unpaired) electrons. The van der Waals surface area contributed by atoms with Crippen molar-refractivity contribution in [2.75, 3.05) is 5.32 Å². The molecule has 0 heterocycles. The highest BCUT2D eigenvalue weighted by Gasteiger charge is 2.14. The molecule has 0 aromatic heterocycles. The Morgan fingerprint density at radius 2 is 1.96 bits per heavy atom. The molecule has 2 aromatic rings. The van der Waals surface area contributed by atoms with Crippen LogP contribution in [-0.2, 0) is 4.79 Å². The van der Waals surface area contributed by atoms with Crippen molar-refractivity contribution >= 4 is 46.7 Å². The predicted molar refractivity (Wildman–Crippen MR) is 98.6 cm³/mol. The number of nitrogens with one attached hydrogen (secondary N) is 1. The van der Waals surface area contributed by atoms with E-state index >= 15 is 0 Å². The van der Waals surface area contributed by atoms with Crippen LogP contribution in [0.15, 0.2) is 52.9 Å². The predicted octanol–water partition coefficient (Wildman–Crippen LogP) is 5.11. The number of hydrogen-bond acceptors (Lipinski definition) is 5. The number of rotatable bonds is 6. The summed E-state index contributed by atoms with van der Waals surface area (Å²) in [7, 11) is 0. The van der Waals surface area contributed by atoms with Gasteiger partial charge in [-0.3, -0.25) is 14.9 Å². The van der Waals surface area contributed by atoms with Gasteiger partial charge in [0.2, 0.25) is 0 Å². The lowest BCUT2D eigenvalue weighted by molar-refractivity contribution is -0.384. The van der Waals surface area contributed by atoms with Crippen LogP contribution in [0.3, 0.4) is 0 Å². The number of hydrogen-bond donors (Lipinski definition) is 1. The van der Waals surface area contributed by atoms with Crippen LogP contribution in [-0.4, -0.2) is 16.6 Å². The van der Waals surface area contributed by atoms with E-state index in [1.165, 1.54) is 42.5 Å². The molecule has 0 aliphatic rings. The second kappa shape index (κ2) is 9.12. The number of nitrogens with zero attached hydrogens (tertiary/aromatic N) is 2. The third kappa shape index (κ3) is 5.77. The summed E-state index contributed by atoms with van der Waals surface area (Å²) < 4.78 is 24.6. The quantitative estimate of drug-likeness (QED) is 0.235. The van der Waals surface area contributed by atoms with Gasteiger partial charge in [-0.1, -0.05) is 29.4 Å². The molecule has 138 valence electrons. The first-order valence-corrected chi connectivity index (χ1v) is 8.48. The average Bonchev–Trinajstić information content (AvgIpc) is 2.61. The number of nitro groups is 1. The number of alkyl halides is 2. The number of carbonyl (C=O) groups is 1. The van der Waals surface area contributed by atoms with Gasteiger partial charge in [0.15, 0.2) is 0 Å². The zero-order chi connectivity index (χ0) is 20.0. The van der Waals surface area contributed by atoms with Crippen LogP contribution in [0.2, 0.25) is 5.02 Å². The lowest BCUT2D eigenvalue weighted by atomic mass is 10.1. The van der Waals surface area contributed by atoms with Crippen LogP contribution in [0.25, 0.3) is 6.08 Å². The van der Waals surface area contributed by atoms with Crippen LogP contribution in [0.5, 0.6) is 0 Å². The van der Waals surface area contributed by atoms with Crippen LogP contribution < -0.4 is 5.32 Å². The van der Waals surface area contributed by atoms with E-state index in [0.29, 0.717) is 22.3 Å². The fourth-order valence-electron chi connectivity index (χ4n) is 1.99. The summed E-state index contributed by atoms with van der Waals surface area (Å²) in [6, 6.07) is 11.2. The maximum Gasteiger partial charge on any atom is 0.288 e. The minimum Gasteiger partial charge on any atom is -0.321 e. The van der Waals surface area contributed by atoms with Gasteiger partial charge in [0.1, 0.15) is 16.7 Å². The Kier molecular flexibility index (Phi) is 6.87. The summed E-state index contributed by atoms with van der Waals surface area (Å²) in [6.07, 6.45) is 1.18. The first kappa shape index (κ1) is 20.4. The topological polar surface area (TPSA) is 96.0 Å². The Labute approximate surface area is 161 Å². The number of nitriles is 1. The van der Waals surface area contributed by atoms with E-state index < -0.39 is 16.6 Å². The molecule has 2 aromatic carbocycles. The van der Waals surface area contributed by atoms with Crippen LogP contribution in [0.1, 0.15) is 5.56 Å². The first-order chi connectivity index (χ1) is 12.8. The molecule has 0 saturated heterocycles. The zero-order valence-electron chi connectivity index (χ0n) is 13.4. The number of amides is 1. The van der Waals surface area contributed by atoms with Gasteiger partial charge in [-0.05, 0) is 42.0 Å². The van der Waals surface area contributed by atoms with Gasteiger partial charge < -0.3 is 5.32 Å². The van der Waals surface area contributed by atoms with E-state index in [4.69, 9.17) is 11.6 Å². The third-order valence-electron chi connectivity index (χ3n) is 3.18. The summed E-state index contributed by atoms with van der Waals surface area (Å²) in [6.45, 7) is 0. The van der Waals surface area contributed by atoms with Gasteiger partial charge in [0.05, 0.1) is 4.92 Å². The summed E-state index contributed by atoms with van der Waals surface area (Å²) in [5.74, 6) is -3.30. The molecule has 1 amide bonds. The Morgan fingerprint density at radius 1 is 1.30 bits per heavy atom. The molecule has 2 rings (SSSR count). The fraction of sp³-hybridized carbons (Fsp3) is 0.0588. The number of nitro benzene ring substituents is 1. The van der Waals surface area contributed by atoms with Gasteiger partial charge in [-0.15, -0.1) is 0 Å². The molecule has 10 heteroatoms. The Morgan fingerprint density at radius 3 is 2.52 bits per heavy atom.